The lowest BCUT2D eigenvalue weighted by Gasteiger charge is -2.25. The lowest BCUT2D eigenvalue weighted by atomic mass is 9.99. The van der Waals surface area contributed by atoms with Gasteiger partial charge in [0.25, 0.3) is 0 Å². The molecule has 0 atom stereocenters. The summed E-state index contributed by atoms with van der Waals surface area (Å²) < 4.78 is 0. The van der Waals surface area contributed by atoms with Crippen molar-refractivity contribution in [3.05, 3.63) is 53.7 Å². The minimum atomic E-state index is 0.327. The second-order valence-electron chi connectivity index (χ2n) is 4.53. The highest BCUT2D eigenvalue weighted by Crippen LogP contribution is 2.44. The van der Waals surface area contributed by atoms with E-state index in [0.29, 0.717) is 6.67 Å². The summed E-state index contributed by atoms with van der Waals surface area (Å²) in [5.74, 6) is 0. The third-order valence-electron chi connectivity index (χ3n) is 3.55. The van der Waals surface area contributed by atoms with Crippen LogP contribution >= 0.6 is 0 Å². The Labute approximate surface area is 104 Å². The maximum atomic E-state index is 12.0. The first-order chi connectivity index (χ1) is 8.86. The molecule has 1 aliphatic heterocycles. The number of benzene rings is 3. The van der Waals surface area contributed by atoms with Gasteiger partial charge in [0.05, 0.1) is 18.0 Å². The molecule has 0 amide bonds. The van der Waals surface area contributed by atoms with Gasteiger partial charge in [-0.15, -0.1) is 0 Å². The minimum Gasteiger partial charge on any atom is -0.757 e. The molecule has 0 fully saturated rings. The van der Waals surface area contributed by atoms with Crippen LogP contribution < -0.4 is 10.4 Å². The predicted octanol–water partition coefficient (Wildman–Crippen LogP) is 3.68. The van der Waals surface area contributed by atoms with Crippen molar-refractivity contribution in [2.24, 2.45) is 0 Å². The molecule has 1 N–H and O–H groups in total. The van der Waals surface area contributed by atoms with Gasteiger partial charge in [-0.3, -0.25) is 0 Å². The molecule has 0 saturated carbocycles. The Morgan fingerprint density at radius 3 is 2.11 bits per heavy atom. The van der Waals surface area contributed by atoms with Crippen LogP contribution in [0.2, 0.25) is 0 Å². The molecule has 0 bridgehead atoms. The number of hydroxylamine groups is 1. The molecule has 1 heterocycles. The zero-order valence-electron chi connectivity index (χ0n) is 9.68. The molecular formula is C15H11N2O-. The summed E-state index contributed by atoms with van der Waals surface area (Å²) in [6, 6.07) is 16.3. The van der Waals surface area contributed by atoms with Crippen molar-refractivity contribution in [3.8, 4) is 0 Å². The third-order valence-corrected chi connectivity index (χ3v) is 3.55. The van der Waals surface area contributed by atoms with Crippen LogP contribution in [0.3, 0.4) is 0 Å². The lowest BCUT2D eigenvalue weighted by molar-refractivity contribution is 1.10. The van der Waals surface area contributed by atoms with Gasteiger partial charge in [0, 0.05) is 10.8 Å². The highest BCUT2D eigenvalue weighted by Gasteiger charge is 2.18. The fourth-order valence-corrected chi connectivity index (χ4v) is 2.79. The molecule has 3 aromatic carbocycles. The largest absolute Gasteiger partial charge is 0.757 e. The van der Waals surface area contributed by atoms with E-state index < -0.39 is 0 Å². The molecule has 0 radical (unpaired) electrons. The highest BCUT2D eigenvalue weighted by molar-refractivity contribution is 6.21. The van der Waals surface area contributed by atoms with Gasteiger partial charge in [-0.2, -0.15) is 0 Å². The quantitative estimate of drug-likeness (QED) is 0.604. The first-order valence-corrected chi connectivity index (χ1v) is 5.98. The van der Waals surface area contributed by atoms with Crippen molar-refractivity contribution in [2.45, 2.75) is 0 Å². The third kappa shape index (κ3) is 1.11. The highest BCUT2D eigenvalue weighted by atomic mass is 16.5. The van der Waals surface area contributed by atoms with Gasteiger partial charge < -0.3 is 15.6 Å². The number of nitrogens with zero attached hydrogens (tertiary/aromatic N) is 1. The zero-order chi connectivity index (χ0) is 12.1. The SMILES string of the molecule is [O-]N1CNc2c1c1ccccc1c1ccccc21. The van der Waals surface area contributed by atoms with Gasteiger partial charge in [-0.1, -0.05) is 48.5 Å². The average molecular weight is 235 g/mol. The maximum absolute atomic E-state index is 12.0. The van der Waals surface area contributed by atoms with Crippen molar-refractivity contribution >= 4 is 32.9 Å². The number of fused-ring (bicyclic) bond motifs is 6. The maximum Gasteiger partial charge on any atom is 0.0774 e. The summed E-state index contributed by atoms with van der Waals surface area (Å²) in [7, 11) is 0. The van der Waals surface area contributed by atoms with Crippen LogP contribution in [0.1, 0.15) is 0 Å². The van der Waals surface area contributed by atoms with Gasteiger partial charge in [-0.05, 0) is 10.8 Å². The fraction of sp³-hybridized carbons (Fsp3) is 0.0667. The Kier molecular flexibility index (Phi) is 1.82. The first kappa shape index (κ1) is 9.74. The summed E-state index contributed by atoms with van der Waals surface area (Å²) in [4.78, 5) is 0. The monoisotopic (exact) mass is 235 g/mol. The zero-order valence-corrected chi connectivity index (χ0v) is 9.68. The van der Waals surface area contributed by atoms with Gasteiger partial charge in [0.15, 0.2) is 0 Å². The summed E-state index contributed by atoms with van der Waals surface area (Å²) in [6.45, 7) is 0.327. The summed E-state index contributed by atoms with van der Waals surface area (Å²) in [6.07, 6.45) is 0. The van der Waals surface area contributed by atoms with Crippen LogP contribution in [-0.2, 0) is 0 Å². The van der Waals surface area contributed by atoms with E-state index in [1.54, 1.807) is 0 Å². The molecule has 3 heteroatoms. The molecular weight excluding hydrogens is 224 g/mol. The van der Waals surface area contributed by atoms with Gasteiger partial charge in [-0.25, -0.2) is 0 Å². The molecule has 1 aliphatic rings. The molecule has 88 valence electrons. The molecule has 3 nitrogen and oxygen atoms in total. The van der Waals surface area contributed by atoms with Gasteiger partial charge in [0.1, 0.15) is 0 Å². The number of anilines is 2. The van der Waals surface area contributed by atoms with Crippen molar-refractivity contribution < 1.29 is 0 Å². The molecule has 0 saturated heterocycles. The van der Waals surface area contributed by atoms with Crippen LogP contribution in [-0.4, -0.2) is 6.67 Å². The first-order valence-electron chi connectivity index (χ1n) is 5.98. The van der Waals surface area contributed by atoms with Crippen LogP contribution in [0.25, 0.3) is 21.5 Å². The summed E-state index contributed by atoms with van der Waals surface area (Å²) in [5.41, 5.74) is 1.73. The van der Waals surface area contributed by atoms with Crippen LogP contribution in [0, 0.1) is 5.21 Å². The predicted molar refractivity (Wildman–Crippen MR) is 75.8 cm³/mol. The molecule has 3 aromatic rings. The fourth-order valence-electron chi connectivity index (χ4n) is 2.79. The molecule has 0 spiro atoms. The van der Waals surface area contributed by atoms with E-state index in [1.165, 1.54) is 5.39 Å². The number of nitrogens with one attached hydrogen (secondary N) is 1. The normalized spacial score (nSPS) is 13.9. The minimum absolute atomic E-state index is 0.327. The van der Waals surface area contributed by atoms with Gasteiger partial charge >= 0.3 is 0 Å². The standard InChI is InChI=1S/C15H11N2O/c18-17-9-16-14-12-7-3-1-5-10(12)11-6-2-4-8-13(11)15(14)17/h1-8,16H,9H2/q-1. The van der Waals surface area contributed by atoms with Crippen molar-refractivity contribution in [1.29, 1.82) is 0 Å². The Hall–Kier alpha value is -2.26. The van der Waals surface area contributed by atoms with Crippen molar-refractivity contribution in [3.63, 3.8) is 0 Å². The Morgan fingerprint density at radius 1 is 0.833 bits per heavy atom. The van der Waals surface area contributed by atoms with Gasteiger partial charge in [0.2, 0.25) is 0 Å². The average Bonchev–Trinajstić information content (AvgIpc) is 2.82. The van der Waals surface area contributed by atoms with E-state index in [2.05, 4.69) is 23.5 Å². The molecule has 0 aliphatic carbocycles. The van der Waals surface area contributed by atoms with E-state index in [0.717, 1.165) is 32.6 Å². The number of hydrogen-bond donors (Lipinski definition) is 1. The van der Waals surface area contributed by atoms with E-state index in [4.69, 9.17) is 0 Å². The second kappa shape index (κ2) is 3.37. The Morgan fingerprint density at radius 2 is 1.39 bits per heavy atom. The second-order valence-corrected chi connectivity index (χ2v) is 4.53. The van der Waals surface area contributed by atoms with Crippen LogP contribution in [0.4, 0.5) is 11.4 Å². The van der Waals surface area contributed by atoms with Crippen molar-refractivity contribution in [1.82, 2.24) is 0 Å². The topological polar surface area (TPSA) is 38.3 Å². The van der Waals surface area contributed by atoms with Crippen molar-refractivity contribution in [2.75, 3.05) is 17.0 Å². The molecule has 0 unspecified atom stereocenters. The molecule has 0 aromatic heterocycles. The molecule has 18 heavy (non-hydrogen) atoms. The van der Waals surface area contributed by atoms with E-state index >= 15 is 0 Å². The lowest BCUT2D eigenvalue weighted by Crippen LogP contribution is -2.13. The van der Waals surface area contributed by atoms with E-state index in [9.17, 15) is 5.21 Å². The Bertz CT molecular complexity index is 767. The summed E-state index contributed by atoms with van der Waals surface area (Å²) >= 11 is 0. The smallest absolute Gasteiger partial charge is 0.0774 e. The van der Waals surface area contributed by atoms with E-state index in [-0.39, 0.29) is 0 Å². The summed E-state index contributed by atoms with van der Waals surface area (Å²) in [5, 5.41) is 20.7. The van der Waals surface area contributed by atoms with Crippen LogP contribution in [0.5, 0.6) is 0 Å². The Balaban J connectivity index is 2.32. The number of rotatable bonds is 0. The number of hydrogen-bond acceptors (Lipinski definition) is 3. The molecule has 4 rings (SSSR count). The van der Waals surface area contributed by atoms with Crippen LogP contribution in [0.15, 0.2) is 48.5 Å². The van der Waals surface area contributed by atoms with E-state index in [1.807, 2.05) is 30.3 Å².